The lowest BCUT2D eigenvalue weighted by molar-refractivity contribution is -0.141. The highest BCUT2D eigenvalue weighted by molar-refractivity contribution is 5.91. The van der Waals surface area contributed by atoms with Crippen LogP contribution < -0.4 is 0 Å². The van der Waals surface area contributed by atoms with Crippen LogP contribution in [-0.4, -0.2) is 37.5 Å². The predicted molar refractivity (Wildman–Crippen MR) is 76.2 cm³/mol. The second kappa shape index (κ2) is 6.24. The van der Waals surface area contributed by atoms with Gasteiger partial charge >= 0.3 is 5.97 Å². The molecule has 5 heteroatoms. The van der Waals surface area contributed by atoms with Crippen LogP contribution in [0.1, 0.15) is 31.2 Å². The third kappa shape index (κ3) is 3.40. The van der Waals surface area contributed by atoms with Crippen molar-refractivity contribution in [2.75, 3.05) is 20.7 Å². The van der Waals surface area contributed by atoms with Crippen molar-refractivity contribution in [2.24, 2.45) is 0 Å². The third-order valence-corrected chi connectivity index (χ3v) is 4.00. The highest BCUT2D eigenvalue weighted by atomic mass is 19.1. The minimum atomic E-state index is -0.492. The van der Waals surface area contributed by atoms with Gasteiger partial charge < -0.3 is 9.64 Å². The van der Waals surface area contributed by atoms with Crippen molar-refractivity contribution >= 4 is 11.9 Å². The standard InChI is InChI=1S/C16H20FNO3/c1-18(11-3-4-14(19)21-2)15(20)16(9-10-16)12-5-7-13(17)8-6-12/h5-8H,3-4,9-11H2,1-2H3. The molecule has 1 aliphatic rings. The Balaban J connectivity index is 1.95. The van der Waals surface area contributed by atoms with Crippen LogP contribution in [0.4, 0.5) is 4.39 Å². The summed E-state index contributed by atoms with van der Waals surface area (Å²) in [5.41, 5.74) is 0.377. The number of esters is 1. The van der Waals surface area contributed by atoms with Crippen molar-refractivity contribution in [1.82, 2.24) is 4.90 Å². The molecule has 0 atom stereocenters. The zero-order chi connectivity index (χ0) is 15.5. The van der Waals surface area contributed by atoms with Crippen molar-refractivity contribution in [3.8, 4) is 0 Å². The van der Waals surface area contributed by atoms with Crippen molar-refractivity contribution in [1.29, 1.82) is 0 Å². The van der Waals surface area contributed by atoms with Crippen LogP contribution in [0.3, 0.4) is 0 Å². The second-order valence-corrected chi connectivity index (χ2v) is 5.50. The number of carbonyl (C=O) groups excluding carboxylic acids is 2. The summed E-state index contributed by atoms with van der Waals surface area (Å²) >= 11 is 0. The van der Waals surface area contributed by atoms with Crippen LogP contribution >= 0.6 is 0 Å². The van der Waals surface area contributed by atoms with Crippen LogP contribution in [0.5, 0.6) is 0 Å². The van der Waals surface area contributed by atoms with E-state index >= 15 is 0 Å². The second-order valence-electron chi connectivity index (χ2n) is 5.50. The number of rotatable bonds is 6. The van der Waals surface area contributed by atoms with Crippen LogP contribution in [0.2, 0.25) is 0 Å². The van der Waals surface area contributed by atoms with Gasteiger partial charge in [0.1, 0.15) is 5.82 Å². The average molecular weight is 293 g/mol. The summed E-state index contributed by atoms with van der Waals surface area (Å²) in [6.45, 7) is 0.511. The normalized spacial score (nSPS) is 15.4. The highest BCUT2D eigenvalue weighted by Crippen LogP contribution is 2.49. The van der Waals surface area contributed by atoms with E-state index in [2.05, 4.69) is 4.74 Å². The molecule has 0 heterocycles. The first kappa shape index (κ1) is 15.5. The molecule has 1 aromatic carbocycles. The van der Waals surface area contributed by atoms with E-state index in [-0.39, 0.29) is 17.7 Å². The molecule has 1 aromatic rings. The average Bonchev–Trinajstić information content (AvgIpc) is 3.28. The zero-order valence-electron chi connectivity index (χ0n) is 12.4. The first-order chi connectivity index (χ1) is 9.99. The van der Waals surface area contributed by atoms with Gasteiger partial charge in [0.2, 0.25) is 5.91 Å². The molecule has 1 aliphatic carbocycles. The highest BCUT2D eigenvalue weighted by Gasteiger charge is 2.52. The Kier molecular flexibility index (Phi) is 4.60. The van der Waals surface area contributed by atoms with E-state index in [0.717, 1.165) is 18.4 Å². The minimum absolute atomic E-state index is 0.0407. The first-order valence-corrected chi connectivity index (χ1v) is 7.08. The Labute approximate surface area is 123 Å². The van der Waals surface area contributed by atoms with Crippen LogP contribution in [-0.2, 0) is 19.7 Å². The predicted octanol–water partition coefficient (Wildman–Crippen LogP) is 2.27. The molecule has 0 bridgehead atoms. The molecule has 0 radical (unpaired) electrons. The largest absolute Gasteiger partial charge is 0.469 e. The molecule has 1 fully saturated rings. The van der Waals surface area contributed by atoms with E-state index in [1.54, 1.807) is 24.1 Å². The fourth-order valence-corrected chi connectivity index (χ4v) is 2.55. The van der Waals surface area contributed by atoms with Gasteiger partial charge in [-0.05, 0) is 37.0 Å². The number of amides is 1. The van der Waals surface area contributed by atoms with Gasteiger partial charge in [-0.15, -0.1) is 0 Å². The molecule has 0 spiro atoms. The van der Waals surface area contributed by atoms with Gasteiger partial charge in [0, 0.05) is 20.0 Å². The molecule has 1 saturated carbocycles. The fraction of sp³-hybridized carbons (Fsp3) is 0.500. The summed E-state index contributed by atoms with van der Waals surface area (Å²) in [7, 11) is 3.09. The number of hydrogen-bond acceptors (Lipinski definition) is 3. The van der Waals surface area contributed by atoms with Gasteiger partial charge in [-0.25, -0.2) is 4.39 Å². The van der Waals surface area contributed by atoms with Gasteiger partial charge in [0.15, 0.2) is 0 Å². The Morgan fingerprint density at radius 1 is 1.29 bits per heavy atom. The summed E-state index contributed by atoms with van der Waals surface area (Å²) in [5.74, 6) is -0.525. The van der Waals surface area contributed by atoms with Gasteiger partial charge in [-0.2, -0.15) is 0 Å². The smallest absolute Gasteiger partial charge is 0.305 e. The molecule has 0 aromatic heterocycles. The number of ether oxygens (including phenoxy) is 1. The molecule has 1 amide bonds. The third-order valence-electron chi connectivity index (χ3n) is 4.00. The molecule has 21 heavy (non-hydrogen) atoms. The summed E-state index contributed by atoms with van der Waals surface area (Å²) in [6.07, 6.45) is 2.46. The Morgan fingerprint density at radius 3 is 2.43 bits per heavy atom. The summed E-state index contributed by atoms with van der Waals surface area (Å²) < 4.78 is 17.6. The van der Waals surface area contributed by atoms with Crippen molar-refractivity contribution in [3.63, 3.8) is 0 Å². The van der Waals surface area contributed by atoms with E-state index in [4.69, 9.17) is 0 Å². The van der Waals surface area contributed by atoms with Crippen LogP contribution in [0, 0.1) is 5.82 Å². The number of benzene rings is 1. The summed E-state index contributed by atoms with van der Waals surface area (Å²) in [5, 5.41) is 0. The maximum Gasteiger partial charge on any atom is 0.305 e. The van der Waals surface area contributed by atoms with Gasteiger partial charge in [-0.1, -0.05) is 12.1 Å². The van der Waals surface area contributed by atoms with Gasteiger partial charge in [0.05, 0.1) is 12.5 Å². The number of hydrogen-bond donors (Lipinski definition) is 0. The number of methoxy groups -OCH3 is 1. The molecule has 0 aliphatic heterocycles. The lowest BCUT2D eigenvalue weighted by Crippen LogP contribution is -2.37. The van der Waals surface area contributed by atoms with E-state index in [1.165, 1.54) is 19.2 Å². The number of nitrogens with zero attached hydrogens (tertiary/aromatic N) is 1. The Bertz CT molecular complexity index is 523. The minimum Gasteiger partial charge on any atom is -0.469 e. The zero-order valence-corrected chi connectivity index (χ0v) is 12.4. The quantitative estimate of drug-likeness (QED) is 0.756. The van der Waals surface area contributed by atoms with Gasteiger partial charge in [0.25, 0.3) is 0 Å². The SMILES string of the molecule is COC(=O)CCCN(C)C(=O)C1(c2ccc(F)cc2)CC1. The van der Waals surface area contributed by atoms with Crippen LogP contribution in [0.15, 0.2) is 24.3 Å². The fourth-order valence-electron chi connectivity index (χ4n) is 2.55. The topological polar surface area (TPSA) is 46.6 Å². The Morgan fingerprint density at radius 2 is 1.90 bits per heavy atom. The lowest BCUT2D eigenvalue weighted by Gasteiger charge is -2.23. The number of carbonyl (C=O) groups is 2. The van der Waals surface area contributed by atoms with E-state index in [0.29, 0.717) is 19.4 Å². The van der Waals surface area contributed by atoms with Gasteiger partial charge in [-0.3, -0.25) is 9.59 Å². The van der Waals surface area contributed by atoms with Crippen molar-refractivity contribution in [3.05, 3.63) is 35.6 Å². The van der Waals surface area contributed by atoms with E-state index < -0.39 is 5.41 Å². The number of likely N-dealkylation sites (N-methyl/N-ethyl adjacent to an activating group) is 1. The monoisotopic (exact) mass is 293 g/mol. The van der Waals surface area contributed by atoms with E-state index in [9.17, 15) is 14.0 Å². The molecule has 0 saturated heterocycles. The van der Waals surface area contributed by atoms with E-state index in [1.807, 2.05) is 0 Å². The van der Waals surface area contributed by atoms with Crippen LogP contribution in [0.25, 0.3) is 0 Å². The first-order valence-electron chi connectivity index (χ1n) is 7.08. The van der Waals surface area contributed by atoms with Crippen molar-refractivity contribution < 1.29 is 18.7 Å². The molecule has 0 unspecified atom stereocenters. The maximum absolute atomic E-state index is 13.0. The Hall–Kier alpha value is -1.91. The van der Waals surface area contributed by atoms with Crippen molar-refractivity contribution in [2.45, 2.75) is 31.1 Å². The molecule has 0 N–H and O–H groups in total. The summed E-state index contributed by atoms with van der Waals surface area (Å²) in [6, 6.07) is 6.14. The molecular formula is C16H20FNO3. The molecular weight excluding hydrogens is 273 g/mol. The summed E-state index contributed by atoms with van der Waals surface area (Å²) in [4.78, 5) is 25.3. The number of halogens is 1. The molecule has 4 nitrogen and oxygen atoms in total. The molecule has 2 rings (SSSR count). The lowest BCUT2D eigenvalue weighted by atomic mass is 9.94. The molecule has 114 valence electrons. The maximum atomic E-state index is 13.0.